The predicted molar refractivity (Wildman–Crippen MR) is 50.4 cm³/mol. The van der Waals surface area contributed by atoms with Crippen molar-refractivity contribution in [1.29, 1.82) is 0 Å². The molecule has 0 amide bonds. The van der Waals surface area contributed by atoms with Gasteiger partial charge in [0.2, 0.25) is 0 Å². The second-order valence-corrected chi connectivity index (χ2v) is 3.60. The van der Waals surface area contributed by atoms with Crippen LogP contribution in [0.1, 0.15) is 39.5 Å². The molecule has 0 aromatic carbocycles. The van der Waals surface area contributed by atoms with Gasteiger partial charge in [-0.05, 0) is 12.8 Å². The average Bonchev–Trinajstić information content (AvgIpc) is 2.05. The van der Waals surface area contributed by atoms with Gasteiger partial charge in [0.15, 0.2) is 0 Å². The summed E-state index contributed by atoms with van der Waals surface area (Å²) in [6, 6.07) is 0. The fourth-order valence-electron chi connectivity index (χ4n) is 0.901. The van der Waals surface area contributed by atoms with Gasteiger partial charge in [0.05, 0.1) is 0 Å². The molecule has 11 heavy (non-hydrogen) atoms. The Morgan fingerprint density at radius 2 is 1.55 bits per heavy atom. The van der Waals surface area contributed by atoms with Gasteiger partial charge >= 0.3 is 0 Å². The summed E-state index contributed by atoms with van der Waals surface area (Å²) in [6.07, 6.45) is 4.71. The topological polar surface area (TPSA) is 20.3 Å². The molecule has 0 aliphatic rings. The zero-order valence-electron chi connectivity index (χ0n) is 7.60. The monoisotopic (exact) mass is 176 g/mol. The van der Waals surface area contributed by atoms with E-state index in [0.29, 0.717) is 0 Å². The van der Waals surface area contributed by atoms with Crippen LogP contribution in [0.25, 0.3) is 0 Å². The molecule has 0 N–H and O–H groups in total. The van der Waals surface area contributed by atoms with Crippen LogP contribution in [0.2, 0.25) is 0 Å². The Kier molecular flexibility index (Phi) is 8.20. The van der Waals surface area contributed by atoms with Crippen molar-refractivity contribution in [2.24, 2.45) is 0 Å². The first kappa shape index (κ1) is 11.1. The van der Waals surface area contributed by atoms with Crippen LogP contribution in [0.5, 0.6) is 0 Å². The smallest absolute Gasteiger partial charge is 0.134 e. The second-order valence-electron chi connectivity index (χ2n) is 2.79. The lowest BCUT2D eigenvalue weighted by atomic mass is 10.3. The number of hydrogen-bond acceptors (Lipinski definition) is 1. The van der Waals surface area contributed by atoms with Gasteiger partial charge < -0.3 is 0 Å². The number of hydrogen-bond donors (Lipinski definition) is 0. The van der Waals surface area contributed by atoms with Crippen LogP contribution in [-0.2, 0) is 4.57 Å². The van der Waals surface area contributed by atoms with E-state index in [1.807, 2.05) is 4.67 Å². The number of nitrogens with zero attached hydrogens (tertiary/aromatic N) is 1. The maximum absolute atomic E-state index is 10.6. The van der Waals surface area contributed by atoms with Gasteiger partial charge in [-0.15, -0.1) is 0 Å². The van der Waals surface area contributed by atoms with E-state index in [0.717, 1.165) is 13.1 Å². The van der Waals surface area contributed by atoms with Crippen LogP contribution >= 0.6 is 8.61 Å². The van der Waals surface area contributed by atoms with Crippen molar-refractivity contribution in [2.75, 3.05) is 13.1 Å². The second kappa shape index (κ2) is 8.16. The molecule has 0 heterocycles. The molecule has 0 aromatic rings. The van der Waals surface area contributed by atoms with E-state index in [1.165, 1.54) is 25.7 Å². The fraction of sp³-hybridized carbons (Fsp3) is 1.00. The maximum atomic E-state index is 10.6. The van der Waals surface area contributed by atoms with E-state index < -0.39 is 0 Å². The van der Waals surface area contributed by atoms with E-state index >= 15 is 0 Å². The minimum absolute atomic E-state index is 0.248. The molecule has 3 heteroatoms. The molecule has 0 aromatic heterocycles. The molecule has 0 saturated carbocycles. The zero-order chi connectivity index (χ0) is 8.53. The van der Waals surface area contributed by atoms with Crippen molar-refractivity contribution in [1.82, 2.24) is 4.67 Å². The fourth-order valence-corrected chi connectivity index (χ4v) is 1.40. The van der Waals surface area contributed by atoms with Gasteiger partial charge in [0.25, 0.3) is 0 Å². The summed E-state index contributed by atoms with van der Waals surface area (Å²) < 4.78 is 12.6. The number of unbranched alkanes of at least 4 members (excludes halogenated alkanes) is 2. The summed E-state index contributed by atoms with van der Waals surface area (Å²) in [5.41, 5.74) is 0. The summed E-state index contributed by atoms with van der Waals surface area (Å²) >= 11 is 0. The Hall–Kier alpha value is 0.0600. The Labute approximate surface area is 71.2 Å². The van der Waals surface area contributed by atoms with Crippen LogP contribution in [0.15, 0.2) is 0 Å². The van der Waals surface area contributed by atoms with Gasteiger partial charge in [-0.1, -0.05) is 26.7 Å². The van der Waals surface area contributed by atoms with Crippen LogP contribution in [0.4, 0.5) is 0 Å². The Bertz CT molecular complexity index is 90.1. The van der Waals surface area contributed by atoms with Crippen molar-refractivity contribution >= 4 is 8.61 Å². The lowest BCUT2D eigenvalue weighted by Gasteiger charge is -2.12. The van der Waals surface area contributed by atoms with Crippen molar-refractivity contribution in [3.05, 3.63) is 0 Å². The summed E-state index contributed by atoms with van der Waals surface area (Å²) in [5.74, 6) is 0. The van der Waals surface area contributed by atoms with Crippen molar-refractivity contribution in [3.63, 3.8) is 0 Å². The molecule has 67 valence electrons. The Balaban J connectivity index is 3.33. The first-order valence-corrected chi connectivity index (χ1v) is 5.33. The Morgan fingerprint density at radius 1 is 1.09 bits per heavy atom. The molecule has 0 aliphatic carbocycles. The highest BCUT2D eigenvalue weighted by molar-refractivity contribution is 7.20. The average molecular weight is 176 g/mol. The van der Waals surface area contributed by atoms with Crippen molar-refractivity contribution in [3.8, 4) is 0 Å². The normalized spacial score (nSPS) is 11.2. The minimum Gasteiger partial charge on any atom is -0.273 e. The van der Waals surface area contributed by atoms with Gasteiger partial charge in [0.1, 0.15) is 8.61 Å². The molecule has 2 nitrogen and oxygen atoms in total. The predicted octanol–water partition coefficient (Wildman–Crippen LogP) is 2.83. The summed E-state index contributed by atoms with van der Waals surface area (Å²) in [5, 5.41) is 0. The van der Waals surface area contributed by atoms with Gasteiger partial charge in [-0.2, -0.15) is 0 Å². The van der Waals surface area contributed by atoms with Gasteiger partial charge in [0, 0.05) is 13.1 Å². The van der Waals surface area contributed by atoms with E-state index in [2.05, 4.69) is 13.8 Å². The van der Waals surface area contributed by atoms with Crippen molar-refractivity contribution < 1.29 is 4.57 Å². The third-order valence-electron chi connectivity index (χ3n) is 1.69. The largest absolute Gasteiger partial charge is 0.273 e. The standard InChI is InChI=1S/C8H19NOP/c1-3-5-7-9(11-10)8-6-4-2/h11H,3-8H2,1-2H3. The van der Waals surface area contributed by atoms with Crippen LogP contribution in [0.3, 0.4) is 0 Å². The van der Waals surface area contributed by atoms with Gasteiger partial charge in [-0.3, -0.25) is 4.57 Å². The maximum Gasteiger partial charge on any atom is 0.134 e. The highest BCUT2D eigenvalue weighted by atomic mass is 31.1. The third kappa shape index (κ3) is 6.46. The molecule has 1 atom stereocenters. The lowest BCUT2D eigenvalue weighted by Crippen LogP contribution is -2.14. The first-order chi connectivity index (χ1) is 5.35. The van der Waals surface area contributed by atoms with E-state index in [1.54, 1.807) is 0 Å². The van der Waals surface area contributed by atoms with Crippen molar-refractivity contribution in [2.45, 2.75) is 39.5 Å². The van der Waals surface area contributed by atoms with Gasteiger partial charge in [-0.25, -0.2) is 4.67 Å². The molecular weight excluding hydrogens is 157 g/mol. The molecular formula is C8H19NOP. The number of rotatable bonds is 7. The first-order valence-electron chi connectivity index (χ1n) is 4.47. The quantitative estimate of drug-likeness (QED) is 0.556. The SMILES string of the molecule is CCCCN(CCCC)[PH]=O. The molecule has 0 bridgehead atoms. The molecule has 0 aliphatic heterocycles. The molecule has 1 radical (unpaired) electrons. The third-order valence-corrected chi connectivity index (χ3v) is 2.40. The molecule has 0 saturated heterocycles. The summed E-state index contributed by atoms with van der Waals surface area (Å²) in [4.78, 5) is 0. The highest BCUT2D eigenvalue weighted by Crippen LogP contribution is 2.08. The minimum atomic E-state index is -0.248. The van der Waals surface area contributed by atoms with E-state index in [4.69, 9.17) is 0 Å². The van der Waals surface area contributed by atoms with Crippen LogP contribution in [0, 0.1) is 0 Å². The molecule has 0 rings (SSSR count). The van der Waals surface area contributed by atoms with Crippen LogP contribution < -0.4 is 0 Å². The summed E-state index contributed by atoms with van der Waals surface area (Å²) in [7, 11) is -0.248. The molecule has 0 spiro atoms. The lowest BCUT2D eigenvalue weighted by molar-refractivity contribution is 0.417. The van der Waals surface area contributed by atoms with Crippen LogP contribution in [-0.4, -0.2) is 17.8 Å². The highest BCUT2D eigenvalue weighted by Gasteiger charge is 1.99. The molecule has 0 fully saturated rings. The molecule has 1 unspecified atom stereocenters. The van der Waals surface area contributed by atoms with E-state index in [-0.39, 0.29) is 8.61 Å². The van der Waals surface area contributed by atoms with E-state index in [9.17, 15) is 4.57 Å². The zero-order valence-corrected chi connectivity index (χ0v) is 8.60. The Morgan fingerprint density at radius 3 is 1.82 bits per heavy atom. The summed E-state index contributed by atoms with van der Waals surface area (Å²) in [6.45, 7) is 6.31.